The van der Waals surface area contributed by atoms with Gasteiger partial charge in [0, 0.05) is 29.4 Å². The fourth-order valence-electron chi connectivity index (χ4n) is 3.54. The van der Waals surface area contributed by atoms with Gasteiger partial charge in [-0.2, -0.15) is 0 Å². The third-order valence-electron chi connectivity index (χ3n) is 5.12. The number of carbonyl (C=O) groups excluding carboxylic acids is 1. The molecule has 2 heterocycles. The second-order valence-corrected chi connectivity index (χ2v) is 8.18. The molecular weight excluding hydrogens is 397 g/mol. The Morgan fingerprint density at radius 2 is 2.03 bits per heavy atom. The molecule has 8 heteroatoms. The van der Waals surface area contributed by atoms with Gasteiger partial charge in [0.05, 0.1) is 16.5 Å². The molecule has 0 atom stereocenters. The number of thiophene rings is 1. The molecule has 0 saturated heterocycles. The molecule has 1 amide bonds. The van der Waals surface area contributed by atoms with Crippen molar-refractivity contribution in [1.29, 1.82) is 0 Å². The monoisotopic (exact) mass is 417 g/mol. The van der Waals surface area contributed by atoms with E-state index in [1.807, 2.05) is 25.1 Å². The van der Waals surface area contributed by atoms with E-state index in [9.17, 15) is 14.7 Å². The average Bonchev–Trinajstić information content (AvgIpc) is 3.12. The van der Waals surface area contributed by atoms with Crippen LogP contribution in [0, 0.1) is 6.92 Å². The molecule has 29 heavy (non-hydrogen) atoms. The minimum Gasteiger partial charge on any atom is -0.855 e. The van der Waals surface area contributed by atoms with Gasteiger partial charge in [-0.25, -0.2) is 0 Å². The van der Waals surface area contributed by atoms with Gasteiger partial charge >= 0.3 is 29.6 Å². The first kappa shape index (κ1) is 21.8. The van der Waals surface area contributed by atoms with Crippen LogP contribution in [0.4, 0.5) is 5.69 Å². The molecule has 1 aromatic carbocycles. The Morgan fingerprint density at radius 3 is 2.76 bits per heavy atom. The van der Waals surface area contributed by atoms with E-state index in [1.54, 1.807) is 17.4 Å². The van der Waals surface area contributed by atoms with Crippen LogP contribution in [0.5, 0.6) is 5.88 Å². The Balaban J connectivity index is 0.00000240. The van der Waals surface area contributed by atoms with Crippen LogP contribution in [0.15, 0.2) is 35.3 Å². The molecule has 144 valence electrons. The largest absolute Gasteiger partial charge is 1.00 e. The first-order chi connectivity index (χ1) is 13.4. The van der Waals surface area contributed by atoms with E-state index in [-0.39, 0.29) is 35.5 Å². The Labute approximate surface area is 194 Å². The van der Waals surface area contributed by atoms with Crippen LogP contribution in [-0.2, 0) is 19.9 Å². The van der Waals surface area contributed by atoms with Crippen molar-refractivity contribution in [1.82, 2.24) is 9.55 Å². The van der Waals surface area contributed by atoms with Crippen LogP contribution in [0.3, 0.4) is 0 Å². The summed E-state index contributed by atoms with van der Waals surface area (Å²) in [4.78, 5) is 30.3. The molecule has 0 aliphatic heterocycles. The maximum atomic E-state index is 12.8. The minimum absolute atomic E-state index is 0. The smallest absolute Gasteiger partial charge is 0.855 e. The predicted octanol–water partition coefficient (Wildman–Crippen LogP) is 0.0259. The van der Waals surface area contributed by atoms with Crippen LogP contribution in [0.1, 0.15) is 38.5 Å². The number of nitrogens with one attached hydrogen (secondary N) is 1. The second kappa shape index (κ2) is 8.83. The van der Waals surface area contributed by atoms with Gasteiger partial charge < -0.3 is 15.0 Å². The summed E-state index contributed by atoms with van der Waals surface area (Å²) >= 11 is 1.57. The summed E-state index contributed by atoms with van der Waals surface area (Å²) in [5.74, 6) is -0.921. The van der Waals surface area contributed by atoms with Crippen LogP contribution >= 0.6 is 11.3 Å². The molecule has 0 unspecified atom stereocenters. The summed E-state index contributed by atoms with van der Waals surface area (Å²) in [6, 6.07) is 7.45. The molecule has 2 aromatic heterocycles. The molecule has 1 aliphatic carbocycles. The summed E-state index contributed by atoms with van der Waals surface area (Å²) in [5, 5.41) is 14.8. The van der Waals surface area contributed by atoms with Crippen molar-refractivity contribution in [3.8, 4) is 17.1 Å². The Kier molecular flexibility index (Phi) is 6.63. The topological polar surface area (TPSA) is 87.0 Å². The number of anilines is 1. The second-order valence-electron chi connectivity index (χ2n) is 7.05. The first-order valence-corrected chi connectivity index (χ1v) is 10.0. The maximum absolute atomic E-state index is 12.8. The zero-order chi connectivity index (χ0) is 19.8. The van der Waals surface area contributed by atoms with E-state index in [0.29, 0.717) is 16.9 Å². The fraction of sp³-hybridized carbons (Fsp3) is 0.286. The molecule has 0 bridgehead atoms. The van der Waals surface area contributed by atoms with Gasteiger partial charge in [0.25, 0.3) is 11.5 Å². The van der Waals surface area contributed by atoms with Gasteiger partial charge in [-0.05, 0) is 55.9 Å². The van der Waals surface area contributed by atoms with Crippen molar-refractivity contribution in [2.75, 3.05) is 5.32 Å². The van der Waals surface area contributed by atoms with Gasteiger partial charge in [-0.1, -0.05) is 12.1 Å². The van der Waals surface area contributed by atoms with Gasteiger partial charge in [0.15, 0.2) is 0 Å². The van der Waals surface area contributed by atoms with Gasteiger partial charge in [-0.3, -0.25) is 14.6 Å². The van der Waals surface area contributed by atoms with E-state index in [0.717, 1.165) is 23.3 Å². The van der Waals surface area contributed by atoms with E-state index in [1.165, 1.54) is 41.1 Å². The number of nitrogens with zero attached hydrogens (tertiary/aromatic N) is 2. The van der Waals surface area contributed by atoms with Crippen molar-refractivity contribution in [2.24, 2.45) is 7.05 Å². The van der Waals surface area contributed by atoms with Crippen LogP contribution in [-0.4, -0.2) is 15.5 Å². The third kappa shape index (κ3) is 4.33. The number of aromatic nitrogens is 2. The number of hydrogen-bond acceptors (Lipinski definition) is 5. The summed E-state index contributed by atoms with van der Waals surface area (Å²) in [6.45, 7) is 1.86. The quantitative estimate of drug-likeness (QED) is 0.609. The molecule has 1 aliphatic rings. The normalized spacial score (nSPS) is 12.8. The minimum atomic E-state index is -0.794. The van der Waals surface area contributed by atoms with E-state index < -0.39 is 11.4 Å². The van der Waals surface area contributed by atoms with Crippen molar-refractivity contribution in [3.05, 3.63) is 61.7 Å². The molecule has 0 fully saturated rings. The van der Waals surface area contributed by atoms with E-state index >= 15 is 0 Å². The molecule has 3 aromatic rings. The van der Waals surface area contributed by atoms with Gasteiger partial charge in [-0.15, -0.1) is 11.3 Å². The summed E-state index contributed by atoms with van der Waals surface area (Å²) in [6.07, 6.45) is 6.00. The predicted molar refractivity (Wildman–Crippen MR) is 108 cm³/mol. The van der Waals surface area contributed by atoms with E-state index in [4.69, 9.17) is 0 Å². The number of benzene rings is 1. The molecular formula is C21H20N3NaO3S. The van der Waals surface area contributed by atoms with Crippen molar-refractivity contribution >= 4 is 22.9 Å². The van der Waals surface area contributed by atoms with Crippen LogP contribution < -0.4 is 45.5 Å². The third-order valence-corrected chi connectivity index (χ3v) is 6.36. The zero-order valence-corrected chi connectivity index (χ0v) is 19.6. The Morgan fingerprint density at radius 1 is 1.28 bits per heavy atom. The van der Waals surface area contributed by atoms with Crippen molar-refractivity contribution in [3.63, 3.8) is 0 Å². The van der Waals surface area contributed by atoms with E-state index in [2.05, 4.69) is 10.3 Å². The summed E-state index contributed by atoms with van der Waals surface area (Å²) in [5.41, 5.74) is 3.21. The Bertz CT molecular complexity index is 1090. The molecule has 0 spiro atoms. The van der Waals surface area contributed by atoms with Crippen LogP contribution in [0.25, 0.3) is 11.3 Å². The number of amides is 1. The first-order valence-electron chi connectivity index (χ1n) is 9.21. The zero-order valence-electron chi connectivity index (χ0n) is 16.7. The molecule has 4 rings (SSSR count). The summed E-state index contributed by atoms with van der Waals surface area (Å²) < 4.78 is 1.23. The molecule has 0 radical (unpaired) electrons. The molecule has 0 saturated carbocycles. The maximum Gasteiger partial charge on any atom is 1.00 e. The van der Waals surface area contributed by atoms with Gasteiger partial charge in [0.2, 0.25) is 0 Å². The summed E-state index contributed by atoms with van der Waals surface area (Å²) in [7, 11) is 1.52. The standard InChI is InChI=1S/C21H21N3O3S.Na/c1-12-14(16-11-24(2)21(27)20(26)23-16)7-5-8-15(12)22-19(25)18-10-13-6-3-4-9-17(13)28-18;/h5,7-8,10-11H,3-4,6,9H2,1-2H3,(H,22,25)(H,23,26);/q;+1/p-1. The number of aryl methyl sites for hydroxylation is 3. The molecule has 6 nitrogen and oxygen atoms in total. The van der Waals surface area contributed by atoms with Crippen LogP contribution in [0.2, 0.25) is 0 Å². The Hall–Kier alpha value is -1.93. The fourth-order valence-corrected chi connectivity index (χ4v) is 4.69. The number of carbonyl (C=O) groups is 1. The SMILES string of the molecule is Cc1c(NC(=O)c2cc3c(s2)CCCC3)cccc1-c1cn(C)c(=O)c([O-])n1.[Na+]. The van der Waals surface area contributed by atoms with Crippen molar-refractivity contribution in [2.45, 2.75) is 32.6 Å². The number of rotatable bonds is 3. The van der Waals surface area contributed by atoms with Gasteiger partial charge in [0.1, 0.15) is 0 Å². The average molecular weight is 417 g/mol. The number of hydrogen-bond donors (Lipinski definition) is 1. The van der Waals surface area contributed by atoms with Crippen molar-refractivity contribution < 1.29 is 39.5 Å². The molecule has 1 N–H and O–H groups in total. The number of fused-ring (bicyclic) bond motifs is 1.